The quantitative estimate of drug-likeness (QED) is 0.422. The average molecular weight is 473 g/mol. The van der Waals surface area contributed by atoms with Crippen LogP contribution in [0.5, 0.6) is 5.75 Å². The van der Waals surface area contributed by atoms with Gasteiger partial charge in [0.2, 0.25) is 0 Å². The normalized spacial score (nSPS) is 13.5. The maximum atomic E-state index is 12.8. The fraction of sp³-hybridized carbons (Fsp3) is 0.222. The molecule has 1 N–H and O–H groups in total. The molecule has 6 nitrogen and oxygen atoms in total. The minimum atomic E-state index is -0.0812. The molecule has 3 heterocycles. The number of hydrogen-bond donors (Lipinski definition) is 1. The second-order valence-electron chi connectivity index (χ2n) is 8.32. The average Bonchev–Trinajstić information content (AvgIpc) is 2.86. The summed E-state index contributed by atoms with van der Waals surface area (Å²) in [5.41, 5.74) is 5.42. The Balaban J connectivity index is 1.29. The van der Waals surface area contributed by atoms with E-state index in [0.717, 1.165) is 58.9 Å². The molecule has 0 amide bonds. The topological polar surface area (TPSA) is 71.1 Å². The summed E-state index contributed by atoms with van der Waals surface area (Å²) in [7, 11) is 0. The molecule has 0 spiro atoms. The lowest BCUT2D eigenvalue weighted by atomic mass is 10.1. The van der Waals surface area contributed by atoms with Gasteiger partial charge in [-0.25, -0.2) is 4.98 Å². The lowest BCUT2D eigenvalue weighted by Gasteiger charge is -2.27. The molecule has 34 heavy (non-hydrogen) atoms. The Kier molecular flexibility index (Phi) is 6.43. The number of nitrogens with zero attached hydrogens (tertiary/aromatic N) is 3. The zero-order valence-corrected chi connectivity index (χ0v) is 19.7. The summed E-state index contributed by atoms with van der Waals surface area (Å²) in [6.45, 7) is 4.74. The van der Waals surface area contributed by atoms with E-state index in [1.807, 2.05) is 55.6 Å². The van der Waals surface area contributed by atoms with Crippen molar-refractivity contribution in [3.63, 3.8) is 0 Å². The van der Waals surface area contributed by atoms with E-state index in [4.69, 9.17) is 21.3 Å². The van der Waals surface area contributed by atoms with E-state index in [1.54, 1.807) is 12.1 Å². The molecule has 0 bridgehead atoms. The van der Waals surface area contributed by atoms with Gasteiger partial charge in [-0.05, 0) is 55.0 Å². The molecule has 0 atom stereocenters. The van der Waals surface area contributed by atoms with E-state index in [0.29, 0.717) is 24.0 Å². The molecule has 1 aliphatic rings. The lowest BCUT2D eigenvalue weighted by molar-refractivity contribution is 0.241. The van der Waals surface area contributed by atoms with E-state index >= 15 is 0 Å². The molecule has 0 saturated heterocycles. The fourth-order valence-corrected chi connectivity index (χ4v) is 4.35. The van der Waals surface area contributed by atoms with Crippen LogP contribution in [0.2, 0.25) is 5.02 Å². The zero-order valence-electron chi connectivity index (χ0n) is 18.9. The number of nitrogens with one attached hydrogen (secondary N) is 1. The summed E-state index contributed by atoms with van der Waals surface area (Å²) < 4.78 is 5.59. The fourth-order valence-electron chi connectivity index (χ4n) is 4.22. The van der Waals surface area contributed by atoms with Crippen molar-refractivity contribution in [1.29, 1.82) is 0 Å². The monoisotopic (exact) mass is 472 g/mol. The lowest BCUT2D eigenvalue weighted by Crippen LogP contribution is -2.35. The largest absolute Gasteiger partial charge is 0.494 e. The SMILES string of the molecule is CCOc1cccc(-c2ccc(CN3CCc4nc(-c5ccc(Cl)cc5)[nH]c(=O)c4C3)cn2)c1. The second-order valence-corrected chi connectivity index (χ2v) is 8.76. The maximum Gasteiger partial charge on any atom is 0.255 e. The van der Waals surface area contributed by atoms with Crippen LogP contribution in [0, 0.1) is 0 Å². The van der Waals surface area contributed by atoms with Crippen LogP contribution < -0.4 is 10.3 Å². The van der Waals surface area contributed by atoms with Crippen molar-refractivity contribution in [2.75, 3.05) is 13.2 Å². The third-order valence-electron chi connectivity index (χ3n) is 5.94. The molecule has 0 saturated carbocycles. The summed E-state index contributed by atoms with van der Waals surface area (Å²) in [6, 6.07) is 19.4. The van der Waals surface area contributed by atoms with Crippen LogP contribution in [-0.2, 0) is 19.5 Å². The zero-order chi connectivity index (χ0) is 23.5. The molecule has 0 fully saturated rings. The third-order valence-corrected chi connectivity index (χ3v) is 6.19. The summed E-state index contributed by atoms with van der Waals surface area (Å²) in [5, 5.41) is 0.654. The van der Waals surface area contributed by atoms with Crippen molar-refractivity contribution in [1.82, 2.24) is 19.9 Å². The van der Waals surface area contributed by atoms with Crippen molar-refractivity contribution in [2.45, 2.75) is 26.4 Å². The predicted molar refractivity (Wildman–Crippen MR) is 134 cm³/mol. The first kappa shape index (κ1) is 22.3. The Bertz CT molecular complexity index is 1350. The molecule has 0 radical (unpaired) electrons. The van der Waals surface area contributed by atoms with Crippen LogP contribution in [0.4, 0.5) is 0 Å². The Morgan fingerprint density at radius 1 is 1.09 bits per heavy atom. The van der Waals surface area contributed by atoms with Crippen LogP contribution >= 0.6 is 11.6 Å². The number of halogens is 1. The van der Waals surface area contributed by atoms with Gasteiger partial charge in [-0.2, -0.15) is 0 Å². The van der Waals surface area contributed by atoms with Gasteiger partial charge in [0.15, 0.2) is 0 Å². The van der Waals surface area contributed by atoms with Crippen molar-refractivity contribution < 1.29 is 4.74 Å². The molecule has 2 aromatic carbocycles. The molecule has 4 aromatic rings. The van der Waals surface area contributed by atoms with E-state index in [2.05, 4.69) is 20.9 Å². The van der Waals surface area contributed by atoms with Crippen LogP contribution in [0.3, 0.4) is 0 Å². The molecule has 2 aromatic heterocycles. The first-order valence-corrected chi connectivity index (χ1v) is 11.8. The summed E-state index contributed by atoms with van der Waals surface area (Å²) in [5.74, 6) is 1.43. The van der Waals surface area contributed by atoms with Crippen LogP contribution in [0.25, 0.3) is 22.6 Å². The summed E-state index contributed by atoms with van der Waals surface area (Å²) in [6.07, 6.45) is 2.64. The van der Waals surface area contributed by atoms with Crippen LogP contribution in [-0.4, -0.2) is 33.0 Å². The highest BCUT2D eigenvalue weighted by molar-refractivity contribution is 6.30. The Morgan fingerprint density at radius 2 is 1.94 bits per heavy atom. The predicted octanol–water partition coefficient (Wildman–Crippen LogP) is 5.11. The Morgan fingerprint density at radius 3 is 2.71 bits per heavy atom. The van der Waals surface area contributed by atoms with Gasteiger partial charge in [0, 0.05) is 48.4 Å². The molecule has 1 aliphatic heterocycles. The highest BCUT2D eigenvalue weighted by atomic mass is 35.5. The third kappa shape index (κ3) is 4.88. The van der Waals surface area contributed by atoms with Crippen molar-refractivity contribution in [3.8, 4) is 28.4 Å². The number of aromatic nitrogens is 3. The van der Waals surface area contributed by atoms with Gasteiger partial charge in [-0.3, -0.25) is 14.7 Å². The molecule has 0 unspecified atom stereocenters. The molecular weight excluding hydrogens is 448 g/mol. The van der Waals surface area contributed by atoms with E-state index in [9.17, 15) is 4.79 Å². The number of rotatable bonds is 6. The number of hydrogen-bond acceptors (Lipinski definition) is 5. The molecule has 5 rings (SSSR count). The van der Waals surface area contributed by atoms with E-state index < -0.39 is 0 Å². The van der Waals surface area contributed by atoms with Gasteiger partial charge < -0.3 is 9.72 Å². The number of ether oxygens (including phenoxy) is 1. The molecular formula is C27H25ClN4O2. The minimum absolute atomic E-state index is 0.0812. The number of H-pyrrole nitrogens is 1. The highest BCUT2D eigenvalue weighted by Crippen LogP contribution is 2.24. The van der Waals surface area contributed by atoms with Gasteiger partial charge in [0.1, 0.15) is 11.6 Å². The minimum Gasteiger partial charge on any atom is -0.494 e. The van der Waals surface area contributed by atoms with E-state index in [1.165, 1.54) is 0 Å². The molecule has 0 aliphatic carbocycles. The first-order chi connectivity index (χ1) is 16.6. The van der Waals surface area contributed by atoms with Crippen molar-refractivity contribution >= 4 is 11.6 Å². The highest BCUT2D eigenvalue weighted by Gasteiger charge is 2.21. The van der Waals surface area contributed by atoms with Crippen molar-refractivity contribution in [2.24, 2.45) is 0 Å². The summed E-state index contributed by atoms with van der Waals surface area (Å²) in [4.78, 5) is 27.4. The Labute approximate surface area is 203 Å². The number of aromatic amines is 1. The molecule has 7 heteroatoms. The van der Waals surface area contributed by atoms with Gasteiger partial charge in [0.25, 0.3) is 5.56 Å². The number of fused-ring (bicyclic) bond motifs is 1. The molecule has 172 valence electrons. The van der Waals surface area contributed by atoms with Gasteiger partial charge in [-0.1, -0.05) is 29.8 Å². The van der Waals surface area contributed by atoms with E-state index in [-0.39, 0.29) is 5.56 Å². The van der Waals surface area contributed by atoms with Gasteiger partial charge >= 0.3 is 0 Å². The van der Waals surface area contributed by atoms with Crippen molar-refractivity contribution in [3.05, 3.63) is 99.1 Å². The van der Waals surface area contributed by atoms with Crippen LogP contribution in [0.15, 0.2) is 71.7 Å². The maximum absolute atomic E-state index is 12.8. The second kappa shape index (κ2) is 9.79. The summed E-state index contributed by atoms with van der Waals surface area (Å²) >= 11 is 5.98. The Hall–Kier alpha value is -3.48. The van der Waals surface area contributed by atoms with Gasteiger partial charge in [-0.15, -0.1) is 0 Å². The smallest absolute Gasteiger partial charge is 0.255 e. The van der Waals surface area contributed by atoms with Crippen LogP contribution in [0.1, 0.15) is 23.7 Å². The number of pyridine rings is 1. The standard InChI is InChI=1S/C27H25ClN4O2/c1-2-34-22-5-3-4-20(14-22)24-11-6-18(15-29-24)16-32-13-12-25-23(17-32)27(33)31-26(30-25)19-7-9-21(28)10-8-19/h3-11,14-15H,2,12-13,16-17H2,1H3,(H,30,31,33). The first-order valence-electron chi connectivity index (χ1n) is 11.4. The van der Waals surface area contributed by atoms with Gasteiger partial charge in [0.05, 0.1) is 23.6 Å². The number of benzene rings is 2.